The molecule has 0 atom stereocenters. The topological polar surface area (TPSA) is 54.0 Å². The maximum Gasteiger partial charge on any atom is 0.225 e. The van der Waals surface area contributed by atoms with E-state index in [2.05, 4.69) is 35.8 Å². The first-order valence-electron chi connectivity index (χ1n) is 8.84. The van der Waals surface area contributed by atoms with Crippen molar-refractivity contribution in [2.24, 2.45) is 0 Å². The van der Waals surface area contributed by atoms with Gasteiger partial charge in [-0.2, -0.15) is 0 Å². The Hall–Kier alpha value is -1.73. The van der Waals surface area contributed by atoms with Crippen LogP contribution in [-0.4, -0.2) is 30.5 Å². The number of aromatic nitrogens is 1. The summed E-state index contributed by atoms with van der Waals surface area (Å²) in [7, 11) is 0. The number of nitrogens with one attached hydrogen (secondary N) is 2. The Morgan fingerprint density at radius 2 is 1.89 bits per heavy atom. The van der Waals surface area contributed by atoms with E-state index in [1.54, 1.807) is 22.7 Å². The zero-order valence-corrected chi connectivity index (χ0v) is 17.7. The minimum absolute atomic E-state index is 0. The van der Waals surface area contributed by atoms with E-state index in [1.807, 2.05) is 29.6 Å². The van der Waals surface area contributed by atoms with Gasteiger partial charge in [0.1, 0.15) is 5.01 Å². The minimum atomic E-state index is 0. The highest BCUT2D eigenvalue weighted by Gasteiger charge is 2.17. The molecule has 3 aromatic rings. The number of hydrogen-bond donors (Lipinski definition) is 2. The van der Waals surface area contributed by atoms with Crippen molar-refractivity contribution in [3.63, 3.8) is 0 Å². The molecule has 0 unspecified atom stereocenters. The van der Waals surface area contributed by atoms with Crippen molar-refractivity contribution in [2.75, 3.05) is 19.6 Å². The van der Waals surface area contributed by atoms with Gasteiger partial charge in [0.15, 0.2) is 0 Å². The molecule has 2 heterocycles. The van der Waals surface area contributed by atoms with Gasteiger partial charge in [-0.15, -0.1) is 35.1 Å². The van der Waals surface area contributed by atoms with Crippen LogP contribution in [0, 0.1) is 0 Å². The summed E-state index contributed by atoms with van der Waals surface area (Å²) in [5, 5.41) is 9.28. The molecule has 0 spiro atoms. The fourth-order valence-corrected chi connectivity index (χ4v) is 4.47. The highest BCUT2D eigenvalue weighted by atomic mass is 35.5. The second-order valence-electron chi connectivity index (χ2n) is 5.91. The summed E-state index contributed by atoms with van der Waals surface area (Å²) in [6.07, 6.45) is 1.47. The van der Waals surface area contributed by atoms with Crippen LogP contribution in [0.3, 0.4) is 0 Å². The van der Waals surface area contributed by atoms with Crippen LogP contribution in [0.25, 0.3) is 21.1 Å². The van der Waals surface area contributed by atoms with Crippen LogP contribution in [-0.2, 0) is 11.2 Å². The van der Waals surface area contributed by atoms with Gasteiger partial charge in [-0.05, 0) is 24.4 Å². The van der Waals surface area contributed by atoms with Crippen LogP contribution < -0.4 is 10.6 Å². The Kier molecular flexibility index (Phi) is 8.94. The van der Waals surface area contributed by atoms with Gasteiger partial charge in [-0.3, -0.25) is 4.79 Å². The van der Waals surface area contributed by atoms with Crippen molar-refractivity contribution < 1.29 is 4.79 Å². The quantitative estimate of drug-likeness (QED) is 0.495. The van der Waals surface area contributed by atoms with Gasteiger partial charge in [-0.25, -0.2) is 4.98 Å². The predicted molar refractivity (Wildman–Crippen MR) is 118 cm³/mol. The van der Waals surface area contributed by atoms with Crippen molar-refractivity contribution in [1.29, 1.82) is 0 Å². The molecule has 0 saturated heterocycles. The number of halogens is 1. The van der Waals surface area contributed by atoms with E-state index in [0.717, 1.165) is 45.5 Å². The van der Waals surface area contributed by atoms with Crippen molar-refractivity contribution in [1.82, 2.24) is 15.6 Å². The van der Waals surface area contributed by atoms with Crippen LogP contribution in [0.4, 0.5) is 0 Å². The van der Waals surface area contributed by atoms with E-state index < -0.39 is 0 Å². The number of amides is 1. The zero-order valence-electron chi connectivity index (χ0n) is 15.2. The monoisotopic (exact) mass is 421 g/mol. The van der Waals surface area contributed by atoms with E-state index in [1.165, 1.54) is 0 Å². The molecule has 4 nitrogen and oxygen atoms in total. The van der Waals surface area contributed by atoms with Crippen molar-refractivity contribution in [2.45, 2.75) is 19.8 Å². The minimum Gasteiger partial charge on any atom is -0.355 e. The molecule has 0 saturated carbocycles. The molecular weight excluding hydrogens is 398 g/mol. The second kappa shape index (κ2) is 11.2. The first kappa shape index (κ1) is 21.6. The molecule has 0 bridgehead atoms. The zero-order chi connectivity index (χ0) is 18.2. The molecule has 144 valence electrons. The number of carbonyl (C=O) groups excluding carboxylic acids is 1. The summed E-state index contributed by atoms with van der Waals surface area (Å²) in [5.74, 6) is 0.0457. The standard InChI is InChI=1S/C20H23N3OS2.ClH/c1-2-10-21-11-12-22-18(24)14-17-19(16-9-6-13-25-16)23-20(26-17)15-7-4-3-5-8-15;/h3-9,13,21H,2,10-12,14H2,1H3,(H,22,24);1H. The normalized spacial score (nSPS) is 10.4. The summed E-state index contributed by atoms with van der Waals surface area (Å²) >= 11 is 3.26. The Balaban J connectivity index is 0.00000261. The lowest BCUT2D eigenvalue weighted by Crippen LogP contribution is -2.32. The molecule has 0 aliphatic carbocycles. The van der Waals surface area contributed by atoms with E-state index in [0.29, 0.717) is 13.0 Å². The summed E-state index contributed by atoms with van der Waals surface area (Å²) < 4.78 is 0. The van der Waals surface area contributed by atoms with Gasteiger partial charge in [0.2, 0.25) is 5.91 Å². The molecule has 2 N–H and O–H groups in total. The van der Waals surface area contributed by atoms with Crippen LogP contribution in [0.2, 0.25) is 0 Å². The van der Waals surface area contributed by atoms with Crippen LogP contribution in [0.15, 0.2) is 47.8 Å². The molecular formula is C20H24ClN3OS2. The van der Waals surface area contributed by atoms with Gasteiger partial charge in [0.25, 0.3) is 0 Å². The number of thiazole rings is 1. The van der Waals surface area contributed by atoms with Crippen molar-refractivity contribution in [3.8, 4) is 21.1 Å². The highest BCUT2D eigenvalue weighted by molar-refractivity contribution is 7.17. The van der Waals surface area contributed by atoms with Crippen LogP contribution in [0.1, 0.15) is 18.2 Å². The summed E-state index contributed by atoms with van der Waals surface area (Å²) in [5.41, 5.74) is 2.02. The number of rotatable bonds is 9. The molecule has 27 heavy (non-hydrogen) atoms. The third kappa shape index (κ3) is 6.14. The summed E-state index contributed by atoms with van der Waals surface area (Å²) in [6.45, 7) is 4.56. The average molecular weight is 422 g/mol. The number of hydrogen-bond acceptors (Lipinski definition) is 5. The second-order valence-corrected chi connectivity index (χ2v) is 7.94. The highest BCUT2D eigenvalue weighted by Crippen LogP contribution is 2.36. The third-order valence-corrected chi connectivity index (χ3v) is 5.83. The van der Waals surface area contributed by atoms with Gasteiger partial charge < -0.3 is 10.6 Å². The number of benzene rings is 1. The average Bonchev–Trinajstić information content (AvgIpc) is 3.32. The Morgan fingerprint density at radius 1 is 1.07 bits per heavy atom. The Bertz CT molecular complexity index is 819. The molecule has 0 radical (unpaired) electrons. The molecule has 0 fully saturated rings. The number of thiophene rings is 1. The molecule has 7 heteroatoms. The van der Waals surface area contributed by atoms with Gasteiger partial charge in [-0.1, -0.05) is 43.3 Å². The molecule has 1 amide bonds. The maximum atomic E-state index is 12.4. The summed E-state index contributed by atoms with van der Waals surface area (Å²) in [6, 6.07) is 14.2. The molecule has 0 aliphatic rings. The number of carbonyl (C=O) groups is 1. The lowest BCUT2D eigenvalue weighted by molar-refractivity contribution is -0.120. The smallest absolute Gasteiger partial charge is 0.225 e. The fraction of sp³-hybridized carbons (Fsp3) is 0.300. The maximum absolute atomic E-state index is 12.4. The first-order valence-corrected chi connectivity index (χ1v) is 10.5. The SMILES string of the molecule is CCCNCCNC(=O)Cc1sc(-c2ccccc2)nc1-c1cccs1.Cl. The largest absolute Gasteiger partial charge is 0.355 e. The molecule has 1 aromatic carbocycles. The van der Waals surface area contributed by atoms with Gasteiger partial charge >= 0.3 is 0 Å². The van der Waals surface area contributed by atoms with E-state index in [9.17, 15) is 4.79 Å². The number of nitrogens with zero attached hydrogens (tertiary/aromatic N) is 1. The lowest BCUT2D eigenvalue weighted by atomic mass is 10.2. The predicted octanol–water partition coefficient (Wildman–Crippen LogP) is 4.62. The molecule has 3 rings (SSSR count). The van der Waals surface area contributed by atoms with E-state index in [-0.39, 0.29) is 18.3 Å². The fourth-order valence-electron chi connectivity index (χ4n) is 2.58. The van der Waals surface area contributed by atoms with E-state index in [4.69, 9.17) is 4.98 Å². The van der Waals surface area contributed by atoms with E-state index >= 15 is 0 Å². The van der Waals surface area contributed by atoms with Crippen molar-refractivity contribution in [3.05, 3.63) is 52.7 Å². The van der Waals surface area contributed by atoms with Crippen molar-refractivity contribution >= 4 is 41.0 Å². The third-order valence-electron chi connectivity index (χ3n) is 3.84. The molecule has 0 aliphatic heterocycles. The Morgan fingerprint density at radius 3 is 2.59 bits per heavy atom. The Labute approximate surface area is 174 Å². The first-order chi connectivity index (χ1) is 12.8. The lowest BCUT2D eigenvalue weighted by Gasteiger charge is -2.06. The van der Waals surface area contributed by atoms with Crippen LogP contribution in [0.5, 0.6) is 0 Å². The summed E-state index contributed by atoms with van der Waals surface area (Å²) in [4.78, 5) is 19.3. The molecule has 2 aromatic heterocycles. The van der Waals surface area contributed by atoms with Gasteiger partial charge in [0.05, 0.1) is 17.0 Å². The van der Waals surface area contributed by atoms with Gasteiger partial charge in [0, 0.05) is 23.5 Å². The van der Waals surface area contributed by atoms with Crippen LogP contribution >= 0.6 is 35.1 Å².